The van der Waals surface area contributed by atoms with Crippen LogP contribution in [0.15, 0.2) is 54.6 Å². The quantitative estimate of drug-likeness (QED) is 0.397. The van der Waals surface area contributed by atoms with Gasteiger partial charge in [0, 0.05) is 5.46 Å². The molecule has 0 fully saturated rings. The third kappa shape index (κ3) is 2.06. The van der Waals surface area contributed by atoms with Gasteiger partial charge in [0.05, 0.1) is 0 Å². The van der Waals surface area contributed by atoms with E-state index in [0.717, 1.165) is 28.5 Å². The predicted octanol–water partition coefficient (Wildman–Crippen LogP) is 4.02. The normalized spacial score (nSPS) is 13.9. The van der Waals surface area contributed by atoms with Crippen molar-refractivity contribution in [2.75, 3.05) is 0 Å². The molecule has 2 nitrogen and oxygen atoms in total. The first-order valence-electron chi connectivity index (χ1n) is 9.16. The Morgan fingerprint density at radius 1 is 0.731 bits per heavy atom. The number of aryl methyl sites for hydroxylation is 1. The summed E-state index contributed by atoms with van der Waals surface area (Å²) in [7, 11) is 0. The van der Waals surface area contributed by atoms with Crippen molar-refractivity contribution in [2.45, 2.75) is 33.1 Å². The number of rotatable bonds is 0. The molecule has 0 N–H and O–H groups in total. The Balaban J connectivity index is 1.87. The second kappa shape index (κ2) is 5.17. The first kappa shape index (κ1) is 15.6. The zero-order valence-corrected chi connectivity index (χ0v) is 15.6. The highest BCUT2D eigenvalue weighted by molar-refractivity contribution is 6.98. The second-order valence-electron chi connectivity index (χ2n) is 8.27. The molecule has 0 spiro atoms. The summed E-state index contributed by atoms with van der Waals surface area (Å²) in [6.45, 7) is 8.94. The van der Waals surface area contributed by atoms with Crippen molar-refractivity contribution in [1.82, 2.24) is 0 Å². The molecule has 128 valence electrons. The number of ether oxygens (including phenoxy) is 2. The molecule has 0 saturated heterocycles. The lowest BCUT2D eigenvalue weighted by atomic mass is 9.34. The minimum Gasteiger partial charge on any atom is -0.458 e. The lowest BCUT2D eigenvalue weighted by Gasteiger charge is -2.36. The lowest BCUT2D eigenvalue weighted by molar-refractivity contribution is 0.445. The van der Waals surface area contributed by atoms with Crippen LogP contribution < -0.4 is 25.9 Å². The highest BCUT2D eigenvalue weighted by Crippen LogP contribution is 2.41. The molecule has 0 radical (unpaired) electrons. The molecule has 0 unspecified atom stereocenters. The molecule has 0 bridgehead atoms. The molecular weight excluding hydrogens is 319 g/mol. The Kier molecular flexibility index (Phi) is 3.09. The molecule has 0 amide bonds. The van der Waals surface area contributed by atoms with Crippen LogP contribution in [0.2, 0.25) is 0 Å². The van der Waals surface area contributed by atoms with Gasteiger partial charge in [0.1, 0.15) is 23.0 Å². The van der Waals surface area contributed by atoms with E-state index in [4.69, 9.17) is 9.47 Å². The minimum absolute atomic E-state index is 0.00587. The molecule has 2 aliphatic rings. The summed E-state index contributed by atoms with van der Waals surface area (Å²) in [5.74, 6) is 3.80. The highest BCUT2D eigenvalue weighted by atomic mass is 16.5. The number of hydrogen-bond acceptors (Lipinski definition) is 2. The third-order valence-corrected chi connectivity index (χ3v) is 5.46. The van der Waals surface area contributed by atoms with Gasteiger partial charge >= 0.3 is 0 Å². The van der Waals surface area contributed by atoms with Crippen LogP contribution >= 0.6 is 0 Å². The largest absolute Gasteiger partial charge is 0.458 e. The average Bonchev–Trinajstić information content (AvgIpc) is 2.61. The maximum atomic E-state index is 6.45. The van der Waals surface area contributed by atoms with E-state index in [1.165, 1.54) is 22.1 Å². The predicted molar refractivity (Wildman–Crippen MR) is 108 cm³/mol. The van der Waals surface area contributed by atoms with Gasteiger partial charge in [0.25, 0.3) is 6.71 Å². The summed E-state index contributed by atoms with van der Waals surface area (Å²) in [5.41, 5.74) is 5.97. The van der Waals surface area contributed by atoms with Gasteiger partial charge in [-0.2, -0.15) is 0 Å². The maximum absolute atomic E-state index is 6.45. The van der Waals surface area contributed by atoms with Crippen LogP contribution in [0.4, 0.5) is 0 Å². The summed E-state index contributed by atoms with van der Waals surface area (Å²) in [6, 6.07) is 19.1. The number of hydrogen-bond donors (Lipinski definition) is 0. The van der Waals surface area contributed by atoms with Crippen LogP contribution in [0.3, 0.4) is 0 Å². The van der Waals surface area contributed by atoms with Gasteiger partial charge in [-0.25, -0.2) is 0 Å². The number of benzene rings is 3. The molecule has 26 heavy (non-hydrogen) atoms. The summed E-state index contributed by atoms with van der Waals surface area (Å²) >= 11 is 0. The van der Waals surface area contributed by atoms with Crippen LogP contribution in [-0.4, -0.2) is 6.71 Å². The molecule has 0 saturated carbocycles. The van der Waals surface area contributed by atoms with E-state index in [2.05, 4.69) is 76.2 Å². The Bertz CT molecular complexity index is 1050. The molecule has 0 aromatic heterocycles. The SMILES string of the molecule is Cc1cccc2c1Oc1ccc(C(C)(C)C)c3c1B2c1ccccc1O3. The van der Waals surface area contributed by atoms with Crippen molar-refractivity contribution in [3.63, 3.8) is 0 Å². The highest BCUT2D eigenvalue weighted by Gasteiger charge is 2.42. The van der Waals surface area contributed by atoms with Crippen molar-refractivity contribution >= 4 is 23.1 Å². The molecule has 2 aliphatic heterocycles. The van der Waals surface area contributed by atoms with Crippen molar-refractivity contribution in [3.05, 3.63) is 65.7 Å². The molecule has 3 heteroatoms. The zero-order chi connectivity index (χ0) is 18.1. The molecule has 5 rings (SSSR count). The van der Waals surface area contributed by atoms with Crippen LogP contribution in [0.1, 0.15) is 31.9 Å². The van der Waals surface area contributed by atoms with Gasteiger partial charge in [-0.1, -0.05) is 63.2 Å². The molecule has 0 aliphatic carbocycles. The summed E-state index contributed by atoms with van der Waals surface area (Å²) < 4.78 is 12.8. The molecule has 2 heterocycles. The van der Waals surface area contributed by atoms with E-state index >= 15 is 0 Å². The summed E-state index contributed by atoms with van der Waals surface area (Å²) in [4.78, 5) is 0. The first-order valence-corrected chi connectivity index (χ1v) is 9.16. The number of fused-ring (bicyclic) bond motifs is 4. The fourth-order valence-electron chi connectivity index (χ4n) is 4.20. The van der Waals surface area contributed by atoms with Crippen LogP contribution in [-0.2, 0) is 5.41 Å². The molecule has 3 aromatic carbocycles. The summed E-state index contributed by atoms with van der Waals surface area (Å²) in [6.07, 6.45) is 0. The van der Waals surface area contributed by atoms with Crippen molar-refractivity contribution < 1.29 is 9.47 Å². The first-order chi connectivity index (χ1) is 12.4. The average molecular weight is 340 g/mol. The Labute approximate surface area is 154 Å². The van der Waals surface area contributed by atoms with E-state index in [1.54, 1.807) is 0 Å². The van der Waals surface area contributed by atoms with Gasteiger partial charge in [0.15, 0.2) is 0 Å². The molecular formula is C23H21BO2. The van der Waals surface area contributed by atoms with E-state index < -0.39 is 0 Å². The fourth-order valence-corrected chi connectivity index (χ4v) is 4.20. The topological polar surface area (TPSA) is 18.5 Å². The third-order valence-electron chi connectivity index (χ3n) is 5.46. The maximum Gasteiger partial charge on any atom is 0.260 e. The Morgan fingerprint density at radius 3 is 2.27 bits per heavy atom. The lowest BCUT2D eigenvalue weighted by Crippen LogP contribution is -2.57. The second-order valence-corrected chi connectivity index (χ2v) is 8.27. The van der Waals surface area contributed by atoms with Gasteiger partial charge in [0.2, 0.25) is 0 Å². The Morgan fingerprint density at radius 2 is 1.46 bits per heavy atom. The van der Waals surface area contributed by atoms with E-state index in [9.17, 15) is 0 Å². The van der Waals surface area contributed by atoms with Crippen molar-refractivity contribution in [2.24, 2.45) is 0 Å². The van der Waals surface area contributed by atoms with Gasteiger partial charge in [-0.15, -0.1) is 0 Å². The smallest absolute Gasteiger partial charge is 0.260 e. The zero-order valence-electron chi connectivity index (χ0n) is 15.6. The van der Waals surface area contributed by atoms with Crippen molar-refractivity contribution in [3.8, 4) is 23.0 Å². The van der Waals surface area contributed by atoms with Crippen molar-refractivity contribution in [1.29, 1.82) is 0 Å². The van der Waals surface area contributed by atoms with Crippen LogP contribution in [0.25, 0.3) is 0 Å². The van der Waals surface area contributed by atoms with E-state index in [0.29, 0.717) is 0 Å². The standard InChI is InChI=1S/C23H21BO2/c1-14-8-7-10-17-21(14)26-19-13-12-15(23(2,3)4)22-20(19)24(17)16-9-5-6-11-18(16)25-22/h5-13H,1-4H3. The molecule has 0 atom stereocenters. The van der Waals surface area contributed by atoms with E-state index in [-0.39, 0.29) is 12.1 Å². The fraction of sp³-hybridized carbons (Fsp3) is 0.217. The van der Waals surface area contributed by atoms with Gasteiger partial charge in [-0.3, -0.25) is 0 Å². The van der Waals surface area contributed by atoms with Gasteiger partial charge in [-0.05, 0) is 46.5 Å². The molecule has 3 aromatic rings. The van der Waals surface area contributed by atoms with Crippen LogP contribution in [0, 0.1) is 6.92 Å². The Hall–Kier alpha value is -2.68. The van der Waals surface area contributed by atoms with E-state index in [1.807, 2.05) is 6.07 Å². The van der Waals surface area contributed by atoms with Crippen LogP contribution in [0.5, 0.6) is 23.0 Å². The monoisotopic (exact) mass is 340 g/mol. The number of para-hydroxylation sites is 2. The minimum atomic E-state index is -0.00587. The summed E-state index contributed by atoms with van der Waals surface area (Å²) in [5, 5.41) is 0. The van der Waals surface area contributed by atoms with Gasteiger partial charge < -0.3 is 9.47 Å².